The van der Waals surface area contributed by atoms with Crippen molar-refractivity contribution in [2.45, 2.75) is 25.0 Å². The first kappa shape index (κ1) is 16.0. The Morgan fingerprint density at radius 1 is 1.35 bits per heavy atom. The Kier molecular flexibility index (Phi) is 4.15. The number of nitrogens with zero attached hydrogens (tertiary/aromatic N) is 1. The zero-order valence-corrected chi connectivity index (χ0v) is 12.7. The van der Waals surface area contributed by atoms with Crippen LogP contribution in [0.5, 0.6) is 0 Å². The van der Waals surface area contributed by atoms with Crippen LogP contribution in [-0.2, 0) is 19.1 Å². The molecule has 0 aromatic carbocycles. The number of carboxylic acids is 1. The standard InChI is InChI=1S/C14H21N3O6/c15-11(18)10-2-1-9(23-10)3-16-13(21)17-4-8-5-22-7-14(8,6-17)12(19)20/h8-10H,1-7H2,(H2,15,18)(H,16,21)(H,19,20)/t8-,9?,10?,14-/m1/s1. The summed E-state index contributed by atoms with van der Waals surface area (Å²) in [6.45, 7) is 1.30. The van der Waals surface area contributed by atoms with E-state index in [1.165, 1.54) is 4.90 Å². The summed E-state index contributed by atoms with van der Waals surface area (Å²) in [6.07, 6.45) is 0.385. The number of ether oxygens (including phenoxy) is 2. The van der Waals surface area contributed by atoms with Crippen LogP contribution in [0.3, 0.4) is 0 Å². The van der Waals surface area contributed by atoms with Crippen LogP contribution >= 0.6 is 0 Å². The molecule has 3 rings (SSSR count). The maximum atomic E-state index is 12.2. The molecule has 3 saturated heterocycles. The van der Waals surface area contributed by atoms with Crippen LogP contribution < -0.4 is 11.1 Å². The van der Waals surface area contributed by atoms with Gasteiger partial charge in [-0.25, -0.2) is 4.79 Å². The van der Waals surface area contributed by atoms with Crippen molar-refractivity contribution in [3.05, 3.63) is 0 Å². The molecule has 3 aliphatic rings. The topological polar surface area (TPSA) is 131 Å². The van der Waals surface area contributed by atoms with Crippen molar-refractivity contribution < 1.29 is 29.0 Å². The summed E-state index contributed by atoms with van der Waals surface area (Å²) in [4.78, 5) is 36.3. The number of fused-ring (bicyclic) bond motifs is 1. The number of carboxylic acid groups (broad SMARTS) is 1. The minimum atomic E-state index is -0.988. The van der Waals surface area contributed by atoms with Crippen LogP contribution in [0.25, 0.3) is 0 Å². The number of likely N-dealkylation sites (tertiary alicyclic amines) is 1. The number of urea groups is 1. The fourth-order valence-corrected chi connectivity index (χ4v) is 3.57. The number of rotatable bonds is 4. The molecule has 0 saturated carbocycles. The van der Waals surface area contributed by atoms with Crippen LogP contribution in [0.1, 0.15) is 12.8 Å². The monoisotopic (exact) mass is 327 g/mol. The molecule has 128 valence electrons. The molecule has 0 aromatic rings. The van der Waals surface area contributed by atoms with Gasteiger partial charge in [0.2, 0.25) is 5.91 Å². The molecule has 3 fully saturated rings. The number of primary amides is 1. The fourth-order valence-electron chi connectivity index (χ4n) is 3.57. The maximum absolute atomic E-state index is 12.2. The first-order chi connectivity index (χ1) is 10.9. The van der Waals surface area contributed by atoms with Gasteiger partial charge in [0, 0.05) is 25.6 Å². The molecule has 23 heavy (non-hydrogen) atoms. The summed E-state index contributed by atoms with van der Waals surface area (Å²) in [5.41, 5.74) is 4.20. The summed E-state index contributed by atoms with van der Waals surface area (Å²) in [5.74, 6) is -1.58. The SMILES string of the molecule is NC(=O)C1CCC(CNC(=O)N2C[C@@H]3COC[C@]3(C(=O)O)C2)O1. The molecule has 9 heteroatoms. The molecule has 4 atom stereocenters. The highest BCUT2D eigenvalue weighted by molar-refractivity contribution is 5.81. The number of carbonyl (C=O) groups is 3. The lowest BCUT2D eigenvalue weighted by molar-refractivity contribution is -0.149. The quantitative estimate of drug-likeness (QED) is 0.592. The van der Waals surface area contributed by atoms with Gasteiger partial charge in [-0.2, -0.15) is 0 Å². The number of nitrogens with two attached hydrogens (primary N) is 1. The zero-order valence-electron chi connectivity index (χ0n) is 12.7. The highest BCUT2D eigenvalue weighted by atomic mass is 16.5. The second-order valence-electron chi connectivity index (χ2n) is 6.47. The van der Waals surface area contributed by atoms with E-state index in [4.69, 9.17) is 15.2 Å². The number of nitrogens with one attached hydrogen (secondary N) is 1. The van der Waals surface area contributed by atoms with E-state index in [1.54, 1.807) is 0 Å². The minimum absolute atomic E-state index is 0.142. The van der Waals surface area contributed by atoms with E-state index >= 15 is 0 Å². The third-order valence-corrected chi connectivity index (χ3v) is 4.99. The van der Waals surface area contributed by atoms with E-state index in [0.717, 1.165) is 0 Å². The first-order valence-corrected chi connectivity index (χ1v) is 7.71. The van der Waals surface area contributed by atoms with E-state index in [0.29, 0.717) is 26.0 Å². The summed E-state index contributed by atoms with van der Waals surface area (Å²) >= 11 is 0. The molecule has 0 aliphatic carbocycles. The summed E-state index contributed by atoms with van der Waals surface area (Å²) < 4.78 is 10.7. The van der Waals surface area contributed by atoms with Crippen molar-refractivity contribution in [1.82, 2.24) is 10.2 Å². The van der Waals surface area contributed by atoms with Gasteiger partial charge in [0.15, 0.2) is 0 Å². The van der Waals surface area contributed by atoms with Crippen molar-refractivity contribution in [1.29, 1.82) is 0 Å². The molecule has 0 aromatic heterocycles. The number of carbonyl (C=O) groups excluding carboxylic acids is 2. The Bertz CT molecular complexity index is 527. The van der Waals surface area contributed by atoms with E-state index < -0.39 is 23.4 Å². The zero-order chi connectivity index (χ0) is 16.6. The Morgan fingerprint density at radius 3 is 2.74 bits per heavy atom. The van der Waals surface area contributed by atoms with Crippen LogP contribution in [0.15, 0.2) is 0 Å². The average molecular weight is 327 g/mol. The minimum Gasteiger partial charge on any atom is -0.481 e. The highest BCUT2D eigenvalue weighted by Gasteiger charge is 2.57. The smallest absolute Gasteiger partial charge is 0.317 e. The summed E-state index contributed by atoms with van der Waals surface area (Å²) in [5, 5.41) is 12.2. The van der Waals surface area contributed by atoms with E-state index in [-0.39, 0.29) is 37.7 Å². The average Bonchev–Trinajstić information content (AvgIpc) is 3.18. The van der Waals surface area contributed by atoms with Crippen LogP contribution in [0, 0.1) is 11.3 Å². The fraction of sp³-hybridized carbons (Fsp3) is 0.786. The molecular weight excluding hydrogens is 306 g/mol. The van der Waals surface area contributed by atoms with Crippen LogP contribution in [0.2, 0.25) is 0 Å². The molecule has 4 N–H and O–H groups in total. The summed E-state index contributed by atoms with van der Waals surface area (Å²) in [7, 11) is 0. The lowest BCUT2D eigenvalue weighted by atomic mass is 9.81. The van der Waals surface area contributed by atoms with Gasteiger partial charge in [0.05, 0.1) is 19.3 Å². The number of hydrogen-bond acceptors (Lipinski definition) is 5. The predicted octanol–water partition coefficient (Wildman–Crippen LogP) is -1.24. The van der Waals surface area contributed by atoms with Gasteiger partial charge in [0.1, 0.15) is 11.5 Å². The molecular formula is C14H21N3O6. The van der Waals surface area contributed by atoms with Gasteiger partial charge in [-0.05, 0) is 12.8 Å². The molecule has 0 radical (unpaired) electrons. The normalized spacial score (nSPS) is 36.0. The van der Waals surface area contributed by atoms with Gasteiger partial charge in [-0.3, -0.25) is 9.59 Å². The number of amides is 3. The summed E-state index contributed by atoms with van der Waals surface area (Å²) in [6, 6.07) is -0.314. The Labute approximate surface area is 133 Å². The third-order valence-electron chi connectivity index (χ3n) is 4.99. The molecule has 3 heterocycles. The molecule has 3 aliphatic heterocycles. The molecule has 9 nitrogen and oxygen atoms in total. The molecule has 3 amide bonds. The lowest BCUT2D eigenvalue weighted by Crippen LogP contribution is -2.45. The van der Waals surface area contributed by atoms with Crippen molar-refractivity contribution in [3.8, 4) is 0 Å². The van der Waals surface area contributed by atoms with E-state index in [1.807, 2.05) is 0 Å². The van der Waals surface area contributed by atoms with Gasteiger partial charge in [0.25, 0.3) is 0 Å². The van der Waals surface area contributed by atoms with E-state index in [2.05, 4.69) is 5.32 Å². The highest BCUT2D eigenvalue weighted by Crippen LogP contribution is 2.41. The molecule has 2 unspecified atom stereocenters. The van der Waals surface area contributed by atoms with Gasteiger partial charge >= 0.3 is 12.0 Å². The Morgan fingerprint density at radius 2 is 2.13 bits per heavy atom. The predicted molar refractivity (Wildman–Crippen MR) is 76.4 cm³/mol. The van der Waals surface area contributed by atoms with Crippen LogP contribution in [0.4, 0.5) is 4.79 Å². The molecule has 0 bridgehead atoms. The second-order valence-corrected chi connectivity index (χ2v) is 6.47. The number of hydrogen-bond donors (Lipinski definition) is 3. The van der Waals surface area contributed by atoms with Crippen molar-refractivity contribution in [2.75, 3.05) is 32.8 Å². The van der Waals surface area contributed by atoms with Crippen molar-refractivity contribution in [3.63, 3.8) is 0 Å². The Hall–Kier alpha value is -1.87. The maximum Gasteiger partial charge on any atom is 0.317 e. The lowest BCUT2D eigenvalue weighted by Gasteiger charge is -2.22. The van der Waals surface area contributed by atoms with Gasteiger partial charge in [-0.15, -0.1) is 0 Å². The van der Waals surface area contributed by atoms with Crippen molar-refractivity contribution in [2.24, 2.45) is 17.1 Å². The van der Waals surface area contributed by atoms with Crippen molar-refractivity contribution >= 4 is 17.9 Å². The first-order valence-electron chi connectivity index (χ1n) is 7.71. The van der Waals surface area contributed by atoms with Crippen LogP contribution in [-0.4, -0.2) is 73.0 Å². The van der Waals surface area contributed by atoms with Gasteiger partial charge < -0.3 is 30.5 Å². The second kappa shape index (κ2) is 5.97. The Balaban J connectivity index is 1.50. The molecule has 0 spiro atoms. The van der Waals surface area contributed by atoms with E-state index in [9.17, 15) is 19.5 Å². The third kappa shape index (κ3) is 2.86. The largest absolute Gasteiger partial charge is 0.481 e. The van der Waals surface area contributed by atoms with Gasteiger partial charge in [-0.1, -0.05) is 0 Å². The number of aliphatic carboxylic acids is 1.